The van der Waals surface area contributed by atoms with Gasteiger partial charge in [-0.2, -0.15) is 0 Å². The largest absolute Gasteiger partial charge is 0.454 e. The first-order valence-electron chi connectivity index (χ1n) is 24.9. The predicted octanol–water partition coefficient (Wildman–Crippen LogP) is 17.6. The maximum Gasteiger partial charge on any atom is 0.159 e. The molecule has 5 aromatic heterocycles. The van der Waals surface area contributed by atoms with Crippen molar-refractivity contribution in [1.82, 2.24) is 18.3 Å². The number of para-hydroxylation sites is 8. The van der Waals surface area contributed by atoms with E-state index in [2.05, 4.69) is 255 Å². The molecule has 0 spiro atoms. The third-order valence-electron chi connectivity index (χ3n) is 16.0. The number of rotatable bonds is 4. The Morgan fingerprint density at radius 1 is 0.306 bits per heavy atom. The van der Waals surface area contributed by atoms with Crippen molar-refractivity contribution in [2.45, 2.75) is 6.04 Å². The SMILES string of the molecule is c1ccc2c(c1)c1ccccc1n2-c1ccc2c(c1)-c1c(ccc3oc4c(-n5c6ccccc6c6ccccc65)cc(-n5c6ccccc6c6ccccc65)cc4c13)C2n1c2ccccc2c2ccccc21. The van der Waals surface area contributed by atoms with Crippen molar-refractivity contribution in [3.05, 3.63) is 248 Å². The number of benzene rings is 11. The highest BCUT2D eigenvalue weighted by Crippen LogP contribution is 2.54. The van der Waals surface area contributed by atoms with Crippen LogP contribution in [0.5, 0.6) is 0 Å². The van der Waals surface area contributed by atoms with Gasteiger partial charge in [0, 0.05) is 76.3 Å². The minimum atomic E-state index is -0.112. The van der Waals surface area contributed by atoms with E-state index in [-0.39, 0.29) is 6.04 Å². The molecule has 0 saturated heterocycles. The van der Waals surface area contributed by atoms with Gasteiger partial charge in [0.15, 0.2) is 5.58 Å². The molecular formula is C67H40N4O. The standard InChI is InChI=1S/C67H40N4O/c1-9-25-54-42(17-1)43-18-2-10-26-55(43)68(54)40-33-34-50-52(37-40)64-51(66(50)71-60-31-15-7-23-48(60)49-24-8-16-32-61(49)71)35-36-63-65(64)53-38-41(69-56-27-11-3-19-44(56)45-20-4-12-28-57(45)69)39-62(67(53)72-63)70-58-29-13-5-21-46(58)47-22-6-14-30-59(47)70/h1-39,66H. The van der Waals surface area contributed by atoms with Gasteiger partial charge in [-0.1, -0.05) is 158 Å². The minimum absolute atomic E-state index is 0.112. The normalized spacial score (nSPS) is 13.7. The number of hydrogen-bond acceptors (Lipinski definition) is 1. The zero-order valence-electron chi connectivity index (χ0n) is 38.8. The summed E-state index contributed by atoms with van der Waals surface area (Å²) in [4.78, 5) is 0. The number of aromatic nitrogens is 4. The molecule has 17 rings (SSSR count). The summed E-state index contributed by atoms with van der Waals surface area (Å²) in [5.74, 6) is 0. The minimum Gasteiger partial charge on any atom is -0.454 e. The van der Waals surface area contributed by atoms with E-state index in [1.807, 2.05) is 0 Å². The van der Waals surface area contributed by atoms with Crippen LogP contribution in [0.2, 0.25) is 0 Å². The summed E-state index contributed by atoms with van der Waals surface area (Å²) in [6, 6.07) is 87.1. The lowest BCUT2D eigenvalue weighted by molar-refractivity contribution is 0.666. The second-order valence-electron chi connectivity index (χ2n) is 19.5. The Kier molecular flexibility index (Phi) is 7.46. The molecule has 0 radical (unpaired) electrons. The van der Waals surface area contributed by atoms with Gasteiger partial charge in [-0.15, -0.1) is 0 Å². The fourth-order valence-electron chi connectivity index (χ4n) is 13.2. The number of fused-ring (bicyclic) bond motifs is 19. The van der Waals surface area contributed by atoms with Crippen LogP contribution in [0.1, 0.15) is 17.2 Å². The molecule has 0 bridgehead atoms. The summed E-state index contributed by atoms with van der Waals surface area (Å²) in [5, 5.41) is 12.1. The molecule has 0 fully saturated rings. The van der Waals surface area contributed by atoms with Gasteiger partial charge in [-0.3, -0.25) is 0 Å². The van der Waals surface area contributed by atoms with Gasteiger partial charge in [-0.05, 0) is 101 Å². The van der Waals surface area contributed by atoms with Gasteiger partial charge < -0.3 is 22.7 Å². The van der Waals surface area contributed by atoms with Gasteiger partial charge in [0.25, 0.3) is 0 Å². The lowest BCUT2D eigenvalue weighted by atomic mass is 9.98. The van der Waals surface area contributed by atoms with E-state index in [1.54, 1.807) is 0 Å². The van der Waals surface area contributed by atoms with Crippen LogP contribution >= 0.6 is 0 Å². The first-order chi connectivity index (χ1) is 35.8. The van der Waals surface area contributed by atoms with Crippen LogP contribution in [-0.2, 0) is 0 Å². The Hall–Kier alpha value is -9.58. The van der Waals surface area contributed by atoms with Gasteiger partial charge in [0.2, 0.25) is 0 Å². The van der Waals surface area contributed by atoms with Crippen molar-refractivity contribution < 1.29 is 4.42 Å². The van der Waals surface area contributed by atoms with E-state index in [0.29, 0.717) is 0 Å². The second-order valence-corrected chi connectivity index (χ2v) is 19.5. The molecule has 0 aliphatic heterocycles. The Morgan fingerprint density at radius 3 is 1.17 bits per heavy atom. The monoisotopic (exact) mass is 916 g/mol. The number of nitrogens with zero attached hydrogens (tertiary/aromatic N) is 4. The second kappa shape index (κ2) is 14.0. The lowest BCUT2D eigenvalue weighted by Gasteiger charge is -2.19. The molecule has 1 aliphatic carbocycles. The molecule has 5 heterocycles. The van der Waals surface area contributed by atoms with E-state index in [4.69, 9.17) is 4.42 Å². The van der Waals surface area contributed by atoms with Crippen molar-refractivity contribution in [3.8, 4) is 28.2 Å². The molecule has 0 saturated carbocycles. The van der Waals surface area contributed by atoms with Crippen LogP contribution in [0.4, 0.5) is 0 Å². The Labute approximate surface area is 411 Å². The molecule has 1 unspecified atom stereocenters. The van der Waals surface area contributed by atoms with Crippen LogP contribution in [0, 0.1) is 0 Å². The average molecular weight is 917 g/mol. The quantitative estimate of drug-likeness (QED) is 0.173. The molecular weight excluding hydrogens is 877 g/mol. The van der Waals surface area contributed by atoms with Crippen LogP contribution in [0.15, 0.2) is 241 Å². The Bertz CT molecular complexity index is 4800. The zero-order valence-corrected chi connectivity index (χ0v) is 38.8. The van der Waals surface area contributed by atoms with E-state index in [9.17, 15) is 0 Å². The summed E-state index contributed by atoms with van der Waals surface area (Å²) in [6.07, 6.45) is 0. The number of furan rings is 1. The highest BCUT2D eigenvalue weighted by Gasteiger charge is 2.36. The molecule has 5 heteroatoms. The Balaban J connectivity index is 1.04. The number of hydrogen-bond donors (Lipinski definition) is 0. The first kappa shape index (κ1) is 38.3. The smallest absolute Gasteiger partial charge is 0.159 e. The topological polar surface area (TPSA) is 32.9 Å². The average Bonchev–Trinajstić information content (AvgIpc) is 4.28. The van der Waals surface area contributed by atoms with Gasteiger partial charge in [0.05, 0.1) is 44.8 Å². The van der Waals surface area contributed by atoms with Gasteiger partial charge in [-0.25, -0.2) is 0 Å². The zero-order chi connectivity index (χ0) is 46.8. The molecule has 0 N–H and O–H groups in total. The van der Waals surface area contributed by atoms with Crippen LogP contribution < -0.4 is 0 Å². The van der Waals surface area contributed by atoms with Crippen molar-refractivity contribution in [2.75, 3.05) is 0 Å². The molecule has 1 aliphatic rings. The van der Waals surface area contributed by atoms with Gasteiger partial charge in [0.1, 0.15) is 5.58 Å². The molecule has 0 amide bonds. The highest BCUT2D eigenvalue weighted by molar-refractivity contribution is 6.20. The lowest BCUT2D eigenvalue weighted by Crippen LogP contribution is -2.09. The third-order valence-corrected chi connectivity index (χ3v) is 16.0. The molecule has 11 aromatic carbocycles. The molecule has 334 valence electrons. The summed E-state index contributed by atoms with van der Waals surface area (Å²) in [6.45, 7) is 0. The molecule has 16 aromatic rings. The maximum absolute atomic E-state index is 7.43. The molecule has 5 nitrogen and oxygen atoms in total. The third kappa shape index (κ3) is 4.91. The highest BCUT2D eigenvalue weighted by atomic mass is 16.3. The van der Waals surface area contributed by atoms with Gasteiger partial charge >= 0.3 is 0 Å². The van der Waals surface area contributed by atoms with E-state index in [0.717, 1.165) is 61.1 Å². The van der Waals surface area contributed by atoms with Crippen molar-refractivity contribution in [2.24, 2.45) is 0 Å². The van der Waals surface area contributed by atoms with E-state index in [1.165, 1.54) is 87.4 Å². The molecule has 1 atom stereocenters. The summed E-state index contributed by atoms with van der Waals surface area (Å²) < 4.78 is 17.4. The van der Waals surface area contributed by atoms with Crippen LogP contribution in [-0.4, -0.2) is 18.3 Å². The van der Waals surface area contributed by atoms with Crippen molar-refractivity contribution >= 4 is 109 Å². The predicted molar refractivity (Wildman–Crippen MR) is 299 cm³/mol. The first-order valence-corrected chi connectivity index (χ1v) is 24.9. The van der Waals surface area contributed by atoms with Crippen LogP contribution in [0.3, 0.4) is 0 Å². The van der Waals surface area contributed by atoms with E-state index >= 15 is 0 Å². The van der Waals surface area contributed by atoms with Crippen LogP contribution in [0.25, 0.3) is 137 Å². The summed E-state index contributed by atoms with van der Waals surface area (Å²) >= 11 is 0. The summed E-state index contributed by atoms with van der Waals surface area (Å²) in [5.41, 5.74) is 19.3. The van der Waals surface area contributed by atoms with Crippen molar-refractivity contribution in [1.29, 1.82) is 0 Å². The fraction of sp³-hybridized carbons (Fsp3) is 0.0149. The molecule has 72 heavy (non-hydrogen) atoms. The Morgan fingerprint density at radius 2 is 0.694 bits per heavy atom. The summed E-state index contributed by atoms with van der Waals surface area (Å²) in [7, 11) is 0. The van der Waals surface area contributed by atoms with E-state index < -0.39 is 0 Å². The fourth-order valence-corrected chi connectivity index (χ4v) is 13.2. The maximum atomic E-state index is 7.43. The van der Waals surface area contributed by atoms with Crippen molar-refractivity contribution in [3.63, 3.8) is 0 Å².